The average molecular weight is 343 g/mol. The second kappa shape index (κ2) is 6.43. The van der Waals surface area contributed by atoms with Gasteiger partial charge in [-0.25, -0.2) is 9.97 Å². The third-order valence-corrected chi connectivity index (χ3v) is 3.46. The van der Waals surface area contributed by atoms with E-state index in [1.807, 2.05) is 0 Å². The minimum atomic E-state index is -0.834. The van der Waals surface area contributed by atoms with Crippen LogP contribution in [0.2, 0.25) is 0 Å². The molecule has 0 aliphatic rings. The van der Waals surface area contributed by atoms with E-state index >= 15 is 0 Å². The fourth-order valence-corrected chi connectivity index (χ4v) is 2.28. The number of rotatable bonds is 5. The lowest BCUT2D eigenvalue weighted by Gasteiger charge is -2.07. The molecule has 3 rings (SSSR count). The Hall–Kier alpha value is -3.69. The van der Waals surface area contributed by atoms with E-state index in [2.05, 4.69) is 15.1 Å². The van der Waals surface area contributed by atoms with Gasteiger partial charge >= 0.3 is 11.2 Å². The van der Waals surface area contributed by atoms with Crippen LogP contribution in [0.4, 0.5) is 5.69 Å². The van der Waals surface area contributed by atoms with Crippen molar-refractivity contribution in [2.75, 3.05) is 14.2 Å². The van der Waals surface area contributed by atoms with Crippen molar-refractivity contribution in [1.29, 1.82) is 0 Å². The molecule has 10 nitrogen and oxygen atoms in total. The third kappa shape index (κ3) is 2.92. The average Bonchev–Trinajstić information content (AvgIpc) is 3.08. The van der Waals surface area contributed by atoms with Gasteiger partial charge in [-0.05, 0) is 23.8 Å². The van der Waals surface area contributed by atoms with Crippen LogP contribution in [0.5, 0.6) is 11.5 Å². The Balaban J connectivity index is 2.08. The summed E-state index contributed by atoms with van der Waals surface area (Å²) in [4.78, 5) is 30.6. The van der Waals surface area contributed by atoms with Crippen molar-refractivity contribution >= 4 is 23.6 Å². The minimum absolute atomic E-state index is 0.0440. The SMILES string of the molecule is COc1ccc(C=Cc2nc3nc[nH]n3c(=O)c2[N+](=O)[O-])cc1OC. The summed E-state index contributed by atoms with van der Waals surface area (Å²) < 4.78 is 11.3. The van der Waals surface area contributed by atoms with Gasteiger partial charge in [-0.2, -0.15) is 4.52 Å². The molecule has 0 saturated heterocycles. The van der Waals surface area contributed by atoms with Gasteiger partial charge in [0.1, 0.15) is 6.33 Å². The zero-order chi connectivity index (χ0) is 18.0. The van der Waals surface area contributed by atoms with E-state index in [1.54, 1.807) is 24.3 Å². The van der Waals surface area contributed by atoms with Gasteiger partial charge in [0.25, 0.3) is 5.78 Å². The van der Waals surface area contributed by atoms with E-state index in [0.29, 0.717) is 17.1 Å². The Kier molecular flexibility index (Phi) is 4.16. The van der Waals surface area contributed by atoms with Gasteiger partial charge in [-0.15, -0.1) is 0 Å². The van der Waals surface area contributed by atoms with Crippen LogP contribution >= 0.6 is 0 Å². The smallest absolute Gasteiger partial charge is 0.361 e. The lowest BCUT2D eigenvalue weighted by molar-refractivity contribution is -0.386. The molecular weight excluding hydrogens is 330 g/mol. The number of nitrogens with zero attached hydrogens (tertiary/aromatic N) is 4. The van der Waals surface area contributed by atoms with Gasteiger partial charge in [0, 0.05) is 0 Å². The highest BCUT2D eigenvalue weighted by molar-refractivity contribution is 5.73. The van der Waals surface area contributed by atoms with Crippen molar-refractivity contribution in [2.24, 2.45) is 0 Å². The summed E-state index contributed by atoms with van der Waals surface area (Å²) in [6.45, 7) is 0. The highest BCUT2D eigenvalue weighted by Gasteiger charge is 2.22. The summed E-state index contributed by atoms with van der Waals surface area (Å²) in [6.07, 6.45) is 4.20. The number of methoxy groups -OCH3 is 2. The third-order valence-electron chi connectivity index (χ3n) is 3.46. The molecule has 0 radical (unpaired) electrons. The maximum Gasteiger partial charge on any atom is 0.361 e. The lowest BCUT2D eigenvalue weighted by Crippen LogP contribution is -2.20. The maximum atomic E-state index is 12.2. The van der Waals surface area contributed by atoms with Crippen molar-refractivity contribution < 1.29 is 14.4 Å². The fourth-order valence-electron chi connectivity index (χ4n) is 2.28. The van der Waals surface area contributed by atoms with Crippen molar-refractivity contribution in [3.63, 3.8) is 0 Å². The molecule has 0 spiro atoms. The van der Waals surface area contributed by atoms with Crippen LogP contribution in [0, 0.1) is 10.1 Å². The number of aromatic nitrogens is 4. The quantitative estimate of drug-likeness (QED) is 0.550. The molecule has 0 unspecified atom stereocenters. The molecule has 1 N–H and O–H groups in total. The molecule has 2 aromatic heterocycles. The van der Waals surface area contributed by atoms with E-state index in [4.69, 9.17) is 9.47 Å². The second-order valence-corrected chi connectivity index (χ2v) is 4.88. The highest BCUT2D eigenvalue weighted by Crippen LogP contribution is 2.28. The molecular formula is C15H13N5O5. The van der Waals surface area contributed by atoms with E-state index in [9.17, 15) is 14.9 Å². The van der Waals surface area contributed by atoms with Crippen LogP contribution in [-0.2, 0) is 0 Å². The topological polar surface area (TPSA) is 125 Å². The summed E-state index contributed by atoms with van der Waals surface area (Å²) in [5.41, 5.74) is -0.870. The molecule has 0 aliphatic heterocycles. The Morgan fingerprint density at radius 1 is 1.24 bits per heavy atom. The first-order chi connectivity index (χ1) is 12.0. The molecule has 0 amide bonds. The maximum absolute atomic E-state index is 12.2. The molecule has 25 heavy (non-hydrogen) atoms. The largest absolute Gasteiger partial charge is 0.493 e. The van der Waals surface area contributed by atoms with Crippen LogP contribution in [0.25, 0.3) is 17.9 Å². The van der Waals surface area contributed by atoms with Crippen LogP contribution in [0.15, 0.2) is 29.3 Å². The van der Waals surface area contributed by atoms with Crippen LogP contribution in [0.1, 0.15) is 11.3 Å². The first-order valence-corrected chi connectivity index (χ1v) is 7.05. The molecule has 3 aromatic rings. The number of ether oxygens (including phenoxy) is 2. The van der Waals surface area contributed by atoms with E-state index in [1.165, 1.54) is 26.6 Å². The molecule has 0 saturated carbocycles. The van der Waals surface area contributed by atoms with Gasteiger partial charge < -0.3 is 9.47 Å². The number of H-pyrrole nitrogens is 1. The molecule has 128 valence electrons. The Bertz CT molecular complexity index is 1040. The summed E-state index contributed by atoms with van der Waals surface area (Å²) >= 11 is 0. The number of nitro groups is 1. The molecule has 0 aliphatic carbocycles. The van der Waals surface area contributed by atoms with Gasteiger partial charge in [-0.1, -0.05) is 12.1 Å². The van der Waals surface area contributed by atoms with Crippen LogP contribution < -0.4 is 15.0 Å². The minimum Gasteiger partial charge on any atom is -0.493 e. The number of aromatic amines is 1. The number of benzene rings is 1. The molecule has 10 heteroatoms. The first kappa shape index (κ1) is 16.2. The van der Waals surface area contributed by atoms with E-state index in [0.717, 1.165) is 4.52 Å². The van der Waals surface area contributed by atoms with Crippen LogP contribution in [-0.4, -0.2) is 38.7 Å². The molecule has 0 atom stereocenters. The Labute approximate surface area is 140 Å². The molecule has 0 bridgehead atoms. The number of fused-ring (bicyclic) bond motifs is 1. The fraction of sp³-hybridized carbons (Fsp3) is 0.133. The molecule has 0 fully saturated rings. The molecule has 1 aromatic carbocycles. The summed E-state index contributed by atoms with van der Waals surface area (Å²) in [5.74, 6) is 1.11. The van der Waals surface area contributed by atoms with Gasteiger partial charge in [-0.3, -0.25) is 20.0 Å². The number of hydrogen-bond donors (Lipinski definition) is 1. The van der Waals surface area contributed by atoms with Gasteiger partial charge in [0.2, 0.25) is 0 Å². The Morgan fingerprint density at radius 2 is 2.00 bits per heavy atom. The molecule has 2 heterocycles. The summed E-state index contributed by atoms with van der Waals surface area (Å²) in [5, 5.41) is 13.7. The van der Waals surface area contributed by atoms with Crippen molar-refractivity contribution in [1.82, 2.24) is 19.6 Å². The van der Waals surface area contributed by atoms with Crippen molar-refractivity contribution in [3.8, 4) is 11.5 Å². The first-order valence-electron chi connectivity index (χ1n) is 7.05. The lowest BCUT2D eigenvalue weighted by atomic mass is 10.1. The van der Waals surface area contributed by atoms with E-state index < -0.39 is 16.2 Å². The predicted octanol–water partition coefficient (Wildman–Crippen LogP) is 1.51. The van der Waals surface area contributed by atoms with E-state index in [-0.39, 0.29) is 11.5 Å². The normalized spacial score (nSPS) is 11.1. The highest BCUT2D eigenvalue weighted by atomic mass is 16.6. The second-order valence-electron chi connectivity index (χ2n) is 4.88. The summed E-state index contributed by atoms with van der Waals surface area (Å²) in [6, 6.07) is 5.14. The number of nitrogens with one attached hydrogen (secondary N) is 1. The number of hydrogen-bond acceptors (Lipinski definition) is 7. The van der Waals surface area contributed by atoms with Gasteiger partial charge in [0.15, 0.2) is 17.2 Å². The zero-order valence-electron chi connectivity index (χ0n) is 13.3. The van der Waals surface area contributed by atoms with Crippen molar-refractivity contribution in [3.05, 3.63) is 56.3 Å². The monoisotopic (exact) mass is 343 g/mol. The summed E-state index contributed by atoms with van der Waals surface area (Å²) in [7, 11) is 3.03. The predicted molar refractivity (Wildman–Crippen MR) is 88.7 cm³/mol. The Morgan fingerprint density at radius 3 is 2.68 bits per heavy atom. The standard InChI is InChI=1S/C15H13N5O5/c1-24-11-6-4-9(7-12(11)25-2)3-5-10-13(20(22)23)14(21)19-15(18-10)16-8-17-19/h3-8H,1-2H3,(H,16,17,18). The van der Waals surface area contributed by atoms with Crippen molar-refractivity contribution in [2.45, 2.75) is 0 Å². The van der Waals surface area contributed by atoms with Crippen LogP contribution in [0.3, 0.4) is 0 Å². The zero-order valence-corrected chi connectivity index (χ0v) is 13.3. The van der Waals surface area contributed by atoms with Gasteiger partial charge in [0.05, 0.1) is 19.1 Å².